The zero-order valence-corrected chi connectivity index (χ0v) is 18.6. The van der Waals surface area contributed by atoms with Crippen LogP contribution in [-0.2, 0) is 4.74 Å². The number of unbranched alkanes of at least 4 members (excludes halogenated alkanes) is 2. The fourth-order valence-corrected chi connectivity index (χ4v) is 4.41. The van der Waals surface area contributed by atoms with E-state index >= 15 is 0 Å². The zero-order chi connectivity index (χ0) is 22.3. The van der Waals surface area contributed by atoms with Crippen LogP contribution in [0.5, 0.6) is 0 Å². The SMILES string of the molecule is COC1CCCN(CCCCCNc2cc(-c3n[nH]c(=O)c4ccccc34)ccc2F)C1. The van der Waals surface area contributed by atoms with E-state index in [1.807, 2.05) is 18.2 Å². The van der Waals surface area contributed by atoms with E-state index in [9.17, 15) is 9.18 Å². The van der Waals surface area contributed by atoms with Crippen LogP contribution in [0.1, 0.15) is 32.1 Å². The van der Waals surface area contributed by atoms with Gasteiger partial charge < -0.3 is 15.0 Å². The smallest absolute Gasteiger partial charge is 0.272 e. The minimum atomic E-state index is -0.290. The van der Waals surface area contributed by atoms with Gasteiger partial charge in [0.15, 0.2) is 0 Å². The van der Waals surface area contributed by atoms with Crippen molar-refractivity contribution in [3.63, 3.8) is 0 Å². The minimum absolute atomic E-state index is 0.230. The van der Waals surface area contributed by atoms with Crippen molar-refractivity contribution in [2.24, 2.45) is 0 Å². The summed E-state index contributed by atoms with van der Waals surface area (Å²) in [6.45, 7) is 3.99. The number of aromatic nitrogens is 2. The second kappa shape index (κ2) is 10.7. The Balaban J connectivity index is 1.32. The molecule has 1 unspecified atom stereocenters. The molecule has 1 aliphatic rings. The summed E-state index contributed by atoms with van der Waals surface area (Å²) in [6, 6.07) is 12.2. The predicted octanol–water partition coefficient (Wildman–Crippen LogP) is 4.42. The Bertz CT molecular complexity index is 1100. The lowest BCUT2D eigenvalue weighted by Gasteiger charge is -2.31. The van der Waals surface area contributed by atoms with Crippen molar-refractivity contribution in [1.82, 2.24) is 15.1 Å². The Hall–Kier alpha value is -2.77. The third-order valence-electron chi connectivity index (χ3n) is 6.20. The van der Waals surface area contributed by atoms with Gasteiger partial charge in [-0.25, -0.2) is 9.49 Å². The van der Waals surface area contributed by atoms with Crippen LogP contribution in [0, 0.1) is 5.82 Å². The molecule has 2 aromatic carbocycles. The number of piperidine rings is 1. The van der Waals surface area contributed by atoms with E-state index in [1.165, 1.54) is 12.5 Å². The van der Waals surface area contributed by atoms with Crippen molar-refractivity contribution in [3.8, 4) is 11.3 Å². The number of benzene rings is 2. The third-order valence-corrected chi connectivity index (χ3v) is 6.20. The van der Waals surface area contributed by atoms with Crippen molar-refractivity contribution in [2.75, 3.05) is 38.6 Å². The van der Waals surface area contributed by atoms with E-state index in [4.69, 9.17) is 4.74 Å². The van der Waals surface area contributed by atoms with Crippen LogP contribution >= 0.6 is 0 Å². The number of anilines is 1. The topological polar surface area (TPSA) is 70.2 Å². The normalized spacial score (nSPS) is 17.0. The van der Waals surface area contributed by atoms with Gasteiger partial charge in [0, 0.05) is 31.1 Å². The number of hydrogen-bond acceptors (Lipinski definition) is 5. The first-order valence-corrected chi connectivity index (χ1v) is 11.4. The van der Waals surface area contributed by atoms with Crippen LogP contribution in [-0.4, -0.2) is 54.5 Å². The fourth-order valence-electron chi connectivity index (χ4n) is 4.41. The maximum absolute atomic E-state index is 14.4. The molecule has 2 N–H and O–H groups in total. The number of nitrogens with zero attached hydrogens (tertiary/aromatic N) is 2. The molecule has 170 valence electrons. The summed E-state index contributed by atoms with van der Waals surface area (Å²) < 4.78 is 19.9. The Morgan fingerprint density at radius 1 is 1.19 bits per heavy atom. The Morgan fingerprint density at radius 2 is 2.03 bits per heavy atom. The van der Waals surface area contributed by atoms with Crippen LogP contribution in [0.2, 0.25) is 0 Å². The van der Waals surface area contributed by atoms with E-state index in [1.54, 1.807) is 25.3 Å². The second-order valence-electron chi connectivity index (χ2n) is 8.43. The number of rotatable bonds is 9. The molecule has 1 saturated heterocycles. The number of ether oxygens (including phenoxy) is 1. The average Bonchev–Trinajstić information content (AvgIpc) is 2.83. The fraction of sp³-hybridized carbons (Fsp3) is 0.440. The molecule has 2 heterocycles. The second-order valence-corrected chi connectivity index (χ2v) is 8.43. The van der Waals surface area contributed by atoms with Crippen LogP contribution < -0.4 is 10.9 Å². The molecule has 1 aliphatic heterocycles. The van der Waals surface area contributed by atoms with Crippen molar-refractivity contribution in [3.05, 3.63) is 58.6 Å². The van der Waals surface area contributed by atoms with Gasteiger partial charge in [0.05, 0.1) is 22.9 Å². The molecule has 0 spiro atoms. The van der Waals surface area contributed by atoms with E-state index in [-0.39, 0.29) is 11.4 Å². The predicted molar refractivity (Wildman–Crippen MR) is 127 cm³/mol. The van der Waals surface area contributed by atoms with Crippen LogP contribution in [0.4, 0.5) is 10.1 Å². The monoisotopic (exact) mass is 438 g/mol. The molecule has 4 rings (SSSR count). The quantitative estimate of drug-likeness (QED) is 0.484. The number of likely N-dealkylation sites (tertiary alicyclic amines) is 1. The molecule has 3 aromatic rings. The molecule has 1 aromatic heterocycles. The van der Waals surface area contributed by atoms with Gasteiger partial charge in [0.25, 0.3) is 5.56 Å². The molecule has 1 fully saturated rings. The van der Waals surface area contributed by atoms with Crippen LogP contribution in [0.15, 0.2) is 47.3 Å². The maximum atomic E-state index is 14.4. The summed E-state index contributed by atoms with van der Waals surface area (Å²) in [7, 11) is 1.80. The van der Waals surface area contributed by atoms with Crippen molar-refractivity contribution in [2.45, 2.75) is 38.2 Å². The first-order valence-electron chi connectivity index (χ1n) is 11.4. The van der Waals surface area contributed by atoms with Crippen LogP contribution in [0.25, 0.3) is 22.0 Å². The summed E-state index contributed by atoms with van der Waals surface area (Å²) in [6.07, 6.45) is 5.93. The molecule has 32 heavy (non-hydrogen) atoms. The number of halogens is 1. The highest BCUT2D eigenvalue weighted by atomic mass is 19.1. The molecular formula is C25H31FN4O2. The standard InChI is InChI=1S/C25H31FN4O2/c1-32-19-8-7-15-30(17-19)14-6-2-5-13-27-23-16-18(11-12-22(23)26)24-20-9-3-4-10-21(20)25(31)29-28-24/h3-4,9-12,16,19,27H,2,5-8,13-15,17H2,1H3,(H,29,31). The Labute approximate surface area is 187 Å². The first kappa shape index (κ1) is 22.4. The first-order chi connectivity index (χ1) is 15.7. The van der Waals surface area contributed by atoms with Crippen molar-refractivity contribution < 1.29 is 9.13 Å². The van der Waals surface area contributed by atoms with Crippen molar-refractivity contribution >= 4 is 16.5 Å². The van der Waals surface area contributed by atoms with Gasteiger partial charge in [0.1, 0.15) is 5.82 Å². The summed E-state index contributed by atoms with van der Waals surface area (Å²) in [5.74, 6) is -0.290. The molecule has 0 aliphatic carbocycles. The molecule has 1 atom stereocenters. The molecule has 0 saturated carbocycles. The average molecular weight is 439 g/mol. The summed E-state index contributed by atoms with van der Waals surface area (Å²) in [5, 5.41) is 11.3. The molecule has 6 nitrogen and oxygen atoms in total. The van der Waals surface area contributed by atoms with E-state index in [0.717, 1.165) is 56.3 Å². The van der Waals surface area contributed by atoms with Gasteiger partial charge in [-0.15, -0.1) is 0 Å². The van der Waals surface area contributed by atoms with Gasteiger partial charge in [-0.05, 0) is 63.0 Å². The minimum Gasteiger partial charge on any atom is -0.383 e. The molecule has 0 radical (unpaired) electrons. The highest BCUT2D eigenvalue weighted by molar-refractivity contribution is 5.94. The van der Waals surface area contributed by atoms with E-state index in [2.05, 4.69) is 20.4 Å². The maximum Gasteiger partial charge on any atom is 0.272 e. The van der Waals surface area contributed by atoms with Gasteiger partial charge in [-0.3, -0.25) is 4.79 Å². The number of fused-ring (bicyclic) bond motifs is 1. The van der Waals surface area contributed by atoms with Gasteiger partial charge in [-0.2, -0.15) is 5.10 Å². The lowest BCUT2D eigenvalue weighted by atomic mass is 10.0. The summed E-state index contributed by atoms with van der Waals surface area (Å²) >= 11 is 0. The van der Waals surface area contributed by atoms with E-state index < -0.39 is 0 Å². The summed E-state index contributed by atoms with van der Waals surface area (Å²) in [4.78, 5) is 14.5. The highest BCUT2D eigenvalue weighted by Gasteiger charge is 2.18. The molecule has 0 bridgehead atoms. The number of aromatic amines is 1. The van der Waals surface area contributed by atoms with Gasteiger partial charge in [-0.1, -0.05) is 24.6 Å². The number of hydrogen-bond donors (Lipinski definition) is 2. The zero-order valence-electron chi connectivity index (χ0n) is 18.6. The molecular weight excluding hydrogens is 407 g/mol. The lowest BCUT2D eigenvalue weighted by molar-refractivity contribution is 0.0309. The highest BCUT2D eigenvalue weighted by Crippen LogP contribution is 2.28. The molecule has 0 amide bonds. The Morgan fingerprint density at radius 3 is 2.88 bits per heavy atom. The number of methoxy groups -OCH3 is 1. The van der Waals surface area contributed by atoms with Gasteiger partial charge in [0.2, 0.25) is 0 Å². The number of H-pyrrole nitrogens is 1. The Kier molecular flexibility index (Phi) is 7.50. The van der Waals surface area contributed by atoms with Gasteiger partial charge >= 0.3 is 0 Å². The largest absolute Gasteiger partial charge is 0.383 e. The summed E-state index contributed by atoms with van der Waals surface area (Å²) in [5.41, 5.74) is 1.63. The molecule has 7 heteroatoms. The third kappa shape index (κ3) is 5.34. The number of nitrogens with one attached hydrogen (secondary N) is 2. The van der Waals surface area contributed by atoms with Crippen LogP contribution in [0.3, 0.4) is 0 Å². The lowest BCUT2D eigenvalue weighted by Crippen LogP contribution is -2.39. The van der Waals surface area contributed by atoms with Crippen molar-refractivity contribution in [1.29, 1.82) is 0 Å². The van der Waals surface area contributed by atoms with E-state index in [0.29, 0.717) is 29.4 Å².